The van der Waals surface area contributed by atoms with Gasteiger partial charge in [0.2, 0.25) is 0 Å². The molecule has 0 saturated carbocycles. The van der Waals surface area contributed by atoms with E-state index in [0.29, 0.717) is 12.5 Å². The molecular weight excluding hydrogens is 242 g/mol. The standard InChI is InChI=1S/C15H23NOS/c1-12-3-4-15(9-13(12)2)18-8-7-16-6-5-14(10-16)11-17/h3-4,9,14,17H,5-8,10-11H2,1-2H3. The Morgan fingerprint density at radius 1 is 1.33 bits per heavy atom. The molecule has 1 aromatic rings. The van der Waals surface area contributed by atoms with E-state index in [1.807, 2.05) is 11.8 Å². The highest BCUT2D eigenvalue weighted by Crippen LogP contribution is 2.22. The van der Waals surface area contributed by atoms with Crippen molar-refractivity contribution in [3.63, 3.8) is 0 Å². The average molecular weight is 265 g/mol. The summed E-state index contributed by atoms with van der Waals surface area (Å²) in [4.78, 5) is 3.84. The normalized spacial score (nSPS) is 20.5. The molecule has 1 heterocycles. The molecule has 1 aromatic carbocycles. The van der Waals surface area contributed by atoms with E-state index in [-0.39, 0.29) is 0 Å². The number of thioether (sulfide) groups is 1. The molecule has 0 radical (unpaired) electrons. The van der Waals surface area contributed by atoms with E-state index >= 15 is 0 Å². The van der Waals surface area contributed by atoms with Gasteiger partial charge < -0.3 is 10.0 Å². The lowest BCUT2D eigenvalue weighted by Gasteiger charge is -2.15. The van der Waals surface area contributed by atoms with Gasteiger partial charge in [-0.1, -0.05) is 6.07 Å². The monoisotopic (exact) mass is 265 g/mol. The molecule has 1 saturated heterocycles. The van der Waals surface area contributed by atoms with Crippen LogP contribution >= 0.6 is 11.8 Å². The fourth-order valence-electron chi connectivity index (χ4n) is 2.36. The minimum atomic E-state index is 0.348. The van der Waals surface area contributed by atoms with Crippen LogP contribution in [0.4, 0.5) is 0 Å². The maximum absolute atomic E-state index is 9.11. The van der Waals surface area contributed by atoms with Gasteiger partial charge in [-0.05, 0) is 56.0 Å². The summed E-state index contributed by atoms with van der Waals surface area (Å²) in [5, 5.41) is 9.11. The fourth-order valence-corrected chi connectivity index (χ4v) is 3.37. The second-order valence-electron chi connectivity index (χ2n) is 5.23. The molecule has 2 nitrogen and oxygen atoms in total. The van der Waals surface area contributed by atoms with Crippen LogP contribution in [-0.4, -0.2) is 42.0 Å². The molecule has 1 aliphatic rings. The van der Waals surface area contributed by atoms with Crippen LogP contribution in [0.3, 0.4) is 0 Å². The molecule has 1 aliphatic heterocycles. The molecule has 3 heteroatoms. The number of benzene rings is 1. The van der Waals surface area contributed by atoms with Gasteiger partial charge in [0.15, 0.2) is 0 Å². The number of likely N-dealkylation sites (tertiary alicyclic amines) is 1. The van der Waals surface area contributed by atoms with Gasteiger partial charge in [-0.15, -0.1) is 11.8 Å². The molecule has 18 heavy (non-hydrogen) atoms. The first-order chi connectivity index (χ1) is 8.69. The van der Waals surface area contributed by atoms with Crippen LogP contribution in [0.25, 0.3) is 0 Å². The van der Waals surface area contributed by atoms with Gasteiger partial charge in [0.05, 0.1) is 0 Å². The van der Waals surface area contributed by atoms with E-state index < -0.39 is 0 Å². The number of hydrogen-bond acceptors (Lipinski definition) is 3. The maximum atomic E-state index is 9.11. The molecule has 1 fully saturated rings. The Balaban J connectivity index is 1.73. The lowest BCUT2D eigenvalue weighted by atomic mass is 10.1. The van der Waals surface area contributed by atoms with Crippen LogP contribution in [0.5, 0.6) is 0 Å². The molecular formula is C15H23NOS. The minimum Gasteiger partial charge on any atom is -0.396 e. The highest BCUT2D eigenvalue weighted by molar-refractivity contribution is 7.99. The van der Waals surface area contributed by atoms with E-state index in [1.54, 1.807) is 0 Å². The molecule has 1 unspecified atom stereocenters. The van der Waals surface area contributed by atoms with Crippen LogP contribution in [0, 0.1) is 19.8 Å². The summed E-state index contributed by atoms with van der Waals surface area (Å²) >= 11 is 1.93. The Morgan fingerprint density at radius 3 is 2.83 bits per heavy atom. The fraction of sp³-hybridized carbons (Fsp3) is 0.600. The number of nitrogens with zero attached hydrogens (tertiary/aromatic N) is 1. The maximum Gasteiger partial charge on any atom is 0.0471 e. The molecule has 0 aromatic heterocycles. The summed E-state index contributed by atoms with van der Waals surface area (Å²) in [5.74, 6) is 1.65. The quantitative estimate of drug-likeness (QED) is 0.828. The first kappa shape index (κ1) is 13.9. The number of aliphatic hydroxyl groups excluding tert-OH is 1. The first-order valence-corrected chi connectivity index (χ1v) is 7.71. The van der Waals surface area contributed by atoms with Crippen molar-refractivity contribution in [3.8, 4) is 0 Å². The van der Waals surface area contributed by atoms with Crippen molar-refractivity contribution in [2.75, 3.05) is 32.0 Å². The minimum absolute atomic E-state index is 0.348. The third kappa shape index (κ3) is 3.74. The van der Waals surface area contributed by atoms with Crippen molar-refractivity contribution in [1.29, 1.82) is 0 Å². The molecule has 0 bridgehead atoms. The van der Waals surface area contributed by atoms with Crippen LogP contribution in [0.15, 0.2) is 23.1 Å². The number of rotatable bonds is 5. The van der Waals surface area contributed by atoms with E-state index in [2.05, 4.69) is 36.9 Å². The number of aliphatic hydroxyl groups is 1. The van der Waals surface area contributed by atoms with Gasteiger partial charge >= 0.3 is 0 Å². The predicted octanol–water partition coefficient (Wildman–Crippen LogP) is 2.71. The molecule has 0 amide bonds. The van der Waals surface area contributed by atoms with E-state index in [9.17, 15) is 0 Å². The van der Waals surface area contributed by atoms with E-state index in [4.69, 9.17) is 5.11 Å². The smallest absolute Gasteiger partial charge is 0.0471 e. The zero-order valence-corrected chi connectivity index (χ0v) is 12.2. The average Bonchev–Trinajstić information content (AvgIpc) is 2.82. The molecule has 1 N–H and O–H groups in total. The topological polar surface area (TPSA) is 23.5 Å². The number of hydrogen-bond donors (Lipinski definition) is 1. The largest absolute Gasteiger partial charge is 0.396 e. The van der Waals surface area contributed by atoms with Gasteiger partial charge in [-0.2, -0.15) is 0 Å². The zero-order chi connectivity index (χ0) is 13.0. The predicted molar refractivity (Wildman–Crippen MR) is 78.3 cm³/mol. The first-order valence-electron chi connectivity index (χ1n) is 6.72. The highest BCUT2D eigenvalue weighted by Gasteiger charge is 2.20. The van der Waals surface area contributed by atoms with Gasteiger partial charge in [0.25, 0.3) is 0 Å². The molecule has 1 atom stereocenters. The molecule has 100 valence electrons. The third-order valence-electron chi connectivity index (χ3n) is 3.78. The van der Waals surface area contributed by atoms with Gasteiger partial charge in [-0.3, -0.25) is 0 Å². The third-order valence-corrected chi connectivity index (χ3v) is 4.76. The van der Waals surface area contributed by atoms with Gasteiger partial charge in [-0.25, -0.2) is 0 Å². The Kier molecular flexibility index (Phi) is 5.10. The van der Waals surface area contributed by atoms with Crippen LogP contribution in [0.2, 0.25) is 0 Å². The second-order valence-corrected chi connectivity index (χ2v) is 6.40. The van der Waals surface area contributed by atoms with Crippen molar-refractivity contribution >= 4 is 11.8 Å². The summed E-state index contributed by atoms with van der Waals surface area (Å²) in [5.41, 5.74) is 2.74. The van der Waals surface area contributed by atoms with Crippen molar-refractivity contribution < 1.29 is 5.11 Å². The summed E-state index contributed by atoms with van der Waals surface area (Å²) in [6, 6.07) is 6.70. The zero-order valence-electron chi connectivity index (χ0n) is 11.4. The van der Waals surface area contributed by atoms with Crippen molar-refractivity contribution in [2.45, 2.75) is 25.2 Å². The summed E-state index contributed by atoms with van der Waals surface area (Å²) < 4.78 is 0. The lowest BCUT2D eigenvalue weighted by Crippen LogP contribution is -2.24. The van der Waals surface area contributed by atoms with Crippen LogP contribution in [-0.2, 0) is 0 Å². The second kappa shape index (κ2) is 6.60. The van der Waals surface area contributed by atoms with Gasteiger partial charge in [0.1, 0.15) is 0 Å². The SMILES string of the molecule is Cc1ccc(SCCN2CCC(CO)C2)cc1C. The lowest BCUT2D eigenvalue weighted by molar-refractivity contribution is 0.224. The Bertz CT molecular complexity index is 394. The molecule has 2 rings (SSSR count). The van der Waals surface area contributed by atoms with Gasteiger partial charge in [0, 0.05) is 30.3 Å². The summed E-state index contributed by atoms with van der Waals surface area (Å²) in [6.07, 6.45) is 1.16. The highest BCUT2D eigenvalue weighted by atomic mass is 32.2. The van der Waals surface area contributed by atoms with Crippen molar-refractivity contribution in [2.24, 2.45) is 5.92 Å². The van der Waals surface area contributed by atoms with Crippen LogP contribution in [0.1, 0.15) is 17.5 Å². The van der Waals surface area contributed by atoms with E-state index in [1.165, 1.54) is 16.0 Å². The van der Waals surface area contributed by atoms with Crippen molar-refractivity contribution in [3.05, 3.63) is 29.3 Å². The van der Waals surface area contributed by atoms with Crippen molar-refractivity contribution in [1.82, 2.24) is 4.90 Å². The molecule has 0 aliphatic carbocycles. The summed E-state index contributed by atoms with van der Waals surface area (Å²) in [6.45, 7) is 8.03. The Morgan fingerprint density at radius 2 is 2.17 bits per heavy atom. The van der Waals surface area contributed by atoms with E-state index in [0.717, 1.165) is 31.8 Å². The number of aryl methyl sites for hydroxylation is 2. The Labute approximate surface area is 114 Å². The summed E-state index contributed by atoms with van der Waals surface area (Å²) in [7, 11) is 0. The molecule has 0 spiro atoms. The Hall–Kier alpha value is -0.510. The van der Waals surface area contributed by atoms with Crippen LogP contribution < -0.4 is 0 Å².